The van der Waals surface area contributed by atoms with Crippen LogP contribution in [0.1, 0.15) is 11.1 Å². The van der Waals surface area contributed by atoms with Crippen LogP contribution >= 0.6 is 0 Å². The van der Waals surface area contributed by atoms with Crippen LogP contribution in [0.3, 0.4) is 0 Å². The smallest absolute Gasteiger partial charge is 0.408 e. The second-order valence-electron chi connectivity index (χ2n) is 5.30. The van der Waals surface area contributed by atoms with Crippen molar-refractivity contribution in [1.82, 2.24) is 10.3 Å². The minimum Gasteiger partial charge on any atom is -0.481 e. The fourth-order valence-electron chi connectivity index (χ4n) is 2.29. The molecule has 0 unspecified atom stereocenters. The van der Waals surface area contributed by atoms with Crippen LogP contribution in [0.25, 0.3) is 6.08 Å². The topological polar surface area (TPSA) is 89.6 Å². The van der Waals surface area contributed by atoms with Gasteiger partial charge >= 0.3 is 6.09 Å². The van der Waals surface area contributed by atoms with E-state index in [1.54, 1.807) is 18.2 Å². The zero-order valence-corrected chi connectivity index (χ0v) is 13.6. The van der Waals surface area contributed by atoms with E-state index in [1.165, 1.54) is 13.2 Å². The first-order valence-electron chi connectivity index (χ1n) is 7.68. The van der Waals surface area contributed by atoms with Gasteiger partial charge in [0.15, 0.2) is 0 Å². The molecule has 7 heteroatoms. The van der Waals surface area contributed by atoms with Crippen molar-refractivity contribution in [3.63, 3.8) is 0 Å². The van der Waals surface area contributed by atoms with Gasteiger partial charge in [0.25, 0.3) is 5.91 Å². The van der Waals surface area contributed by atoms with Gasteiger partial charge in [-0.2, -0.15) is 4.98 Å². The summed E-state index contributed by atoms with van der Waals surface area (Å²) in [6.07, 6.45) is 1.47. The minimum absolute atomic E-state index is 0.316. The van der Waals surface area contributed by atoms with Crippen molar-refractivity contribution in [1.29, 1.82) is 0 Å². The summed E-state index contributed by atoms with van der Waals surface area (Å²) in [5.41, 5.74) is 1.63. The van der Waals surface area contributed by atoms with Crippen LogP contribution in [0.15, 0.2) is 48.5 Å². The summed E-state index contributed by atoms with van der Waals surface area (Å²) in [6.45, 7) is 0.316. The second kappa shape index (κ2) is 7.48. The minimum atomic E-state index is -1.05. The van der Waals surface area contributed by atoms with Crippen LogP contribution in [-0.4, -0.2) is 30.2 Å². The number of anilines is 1. The van der Waals surface area contributed by atoms with Crippen LogP contribution in [0, 0.1) is 0 Å². The molecular weight excluding hydrogens is 322 g/mol. The maximum absolute atomic E-state index is 12.2. The highest BCUT2D eigenvalue weighted by Gasteiger charge is 2.24. The Morgan fingerprint density at radius 3 is 2.80 bits per heavy atom. The quantitative estimate of drug-likeness (QED) is 0.892. The van der Waals surface area contributed by atoms with E-state index in [9.17, 15) is 9.59 Å². The highest BCUT2D eigenvalue weighted by Crippen LogP contribution is 2.22. The van der Waals surface area contributed by atoms with E-state index >= 15 is 0 Å². The third-order valence-corrected chi connectivity index (χ3v) is 3.57. The molecule has 2 amide bonds. The van der Waals surface area contributed by atoms with Crippen LogP contribution < -0.4 is 15.4 Å². The average molecular weight is 339 g/mol. The summed E-state index contributed by atoms with van der Waals surface area (Å²) in [4.78, 5) is 28.3. The normalized spacial score (nSPS) is 15.6. The lowest BCUT2D eigenvalue weighted by Gasteiger charge is -2.13. The van der Waals surface area contributed by atoms with Gasteiger partial charge in [-0.1, -0.05) is 36.4 Å². The first-order chi connectivity index (χ1) is 12.2. The number of benzene rings is 1. The van der Waals surface area contributed by atoms with Gasteiger partial charge in [-0.15, -0.1) is 0 Å². The van der Waals surface area contributed by atoms with Crippen molar-refractivity contribution in [3.8, 4) is 5.88 Å². The molecule has 1 atom stereocenters. The molecular formula is C18H17N3O4. The number of alkyl carbamates (subject to hydrolysis) is 1. The molecule has 0 bridgehead atoms. The molecule has 1 aliphatic rings. The first-order valence-corrected chi connectivity index (χ1v) is 7.68. The number of carbonyl (C=O) groups excluding carboxylic acids is 2. The van der Waals surface area contributed by atoms with Gasteiger partial charge < -0.3 is 20.1 Å². The lowest BCUT2D eigenvalue weighted by molar-refractivity contribution is -0.122. The Balaban J connectivity index is 1.62. The van der Waals surface area contributed by atoms with Crippen molar-refractivity contribution in [2.24, 2.45) is 0 Å². The van der Waals surface area contributed by atoms with E-state index in [2.05, 4.69) is 15.6 Å². The second-order valence-corrected chi connectivity index (χ2v) is 5.30. The molecule has 2 aromatic rings. The van der Waals surface area contributed by atoms with Gasteiger partial charge in [0.1, 0.15) is 5.82 Å². The molecule has 0 spiro atoms. The molecule has 0 fully saturated rings. The van der Waals surface area contributed by atoms with Gasteiger partial charge in [0.2, 0.25) is 12.0 Å². The summed E-state index contributed by atoms with van der Waals surface area (Å²) in [7, 11) is 1.49. The average Bonchev–Trinajstić information content (AvgIpc) is 2.79. The number of methoxy groups -OCH3 is 1. The zero-order valence-electron chi connectivity index (χ0n) is 13.6. The monoisotopic (exact) mass is 339 g/mol. The van der Waals surface area contributed by atoms with Crippen molar-refractivity contribution in [2.45, 2.75) is 12.6 Å². The molecule has 0 radical (unpaired) electrons. The molecule has 0 saturated carbocycles. The third kappa shape index (κ3) is 4.14. The maximum atomic E-state index is 12.2. The van der Waals surface area contributed by atoms with Crippen molar-refractivity contribution >= 4 is 23.9 Å². The largest absolute Gasteiger partial charge is 0.481 e. The number of ether oxygens (including phenoxy) is 2. The van der Waals surface area contributed by atoms with Crippen molar-refractivity contribution < 1.29 is 19.1 Å². The summed E-state index contributed by atoms with van der Waals surface area (Å²) >= 11 is 0. The number of amides is 2. The van der Waals surface area contributed by atoms with Crippen LogP contribution in [0.5, 0.6) is 5.88 Å². The van der Waals surface area contributed by atoms with Gasteiger partial charge in [-0.3, -0.25) is 4.79 Å². The number of rotatable bonds is 4. The van der Waals surface area contributed by atoms with E-state index in [0.717, 1.165) is 5.56 Å². The van der Waals surface area contributed by atoms with Gasteiger partial charge in [0.05, 0.1) is 7.11 Å². The molecule has 25 heavy (non-hydrogen) atoms. The van der Waals surface area contributed by atoms with Crippen molar-refractivity contribution in [2.75, 3.05) is 12.4 Å². The molecule has 1 aromatic carbocycles. The number of hydrogen-bond acceptors (Lipinski definition) is 5. The molecule has 7 nitrogen and oxygen atoms in total. The maximum Gasteiger partial charge on any atom is 0.408 e. The van der Waals surface area contributed by atoms with E-state index in [1.807, 2.05) is 30.3 Å². The van der Waals surface area contributed by atoms with Gasteiger partial charge in [-0.05, 0) is 17.7 Å². The number of carbonyl (C=O) groups is 2. The summed E-state index contributed by atoms with van der Waals surface area (Å²) in [6, 6.07) is 12.9. The van der Waals surface area contributed by atoms with E-state index < -0.39 is 18.1 Å². The Morgan fingerprint density at radius 2 is 2.04 bits per heavy atom. The summed E-state index contributed by atoms with van der Waals surface area (Å²) in [5, 5.41) is 5.24. The van der Waals surface area contributed by atoms with Gasteiger partial charge in [0, 0.05) is 18.2 Å². The predicted molar refractivity (Wildman–Crippen MR) is 92.0 cm³/mol. The lowest BCUT2D eigenvalue weighted by atomic mass is 10.2. The zero-order chi connectivity index (χ0) is 17.6. The number of nitrogens with zero attached hydrogens (tertiary/aromatic N) is 1. The highest BCUT2D eigenvalue weighted by molar-refractivity contribution is 5.99. The van der Waals surface area contributed by atoms with E-state index in [0.29, 0.717) is 23.8 Å². The summed E-state index contributed by atoms with van der Waals surface area (Å²) in [5.74, 6) is 0.259. The number of pyridine rings is 1. The lowest BCUT2D eigenvalue weighted by Crippen LogP contribution is -2.34. The Labute approximate surface area is 144 Å². The number of aromatic nitrogens is 1. The molecule has 3 rings (SSSR count). The molecule has 2 heterocycles. The fraction of sp³-hybridized carbons (Fsp3) is 0.167. The Bertz CT molecular complexity index is 805. The van der Waals surface area contributed by atoms with E-state index in [4.69, 9.17) is 9.47 Å². The van der Waals surface area contributed by atoms with Crippen LogP contribution in [0.2, 0.25) is 0 Å². The Kier molecular flexibility index (Phi) is 4.94. The molecule has 128 valence electrons. The van der Waals surface area contributed by atoms with Crippen LogP contribution in [-0.2, 0) is 16.1 Å². The van der Waals surface area contributed by atoms with Gasteiger partial charge in [-0.25, -0.2) is 4.79 Å². The SMILES string of the molecule is COc1ccc2c(n1)NC(=O)[C@@H](OC(=O)NCc1ccccc1)C=C2. The highest BCUT2D eigenvalue weighted by atomic mass is 16.6. The Morgan fingerprint density at radius 1 is 1.24 bits per heavy atom. The number of nitrogens with one attached hydrogen (secondary N) is 2. The Hall–Kier alpha value is -3.35. The third-order valence-electron chi connectivity index (χ3n) is 3.57. The fourth-order valence-corrected chi connectivity index (χ4v) is 2.29. The first kappa shape index (κ1) is 16.5. The number of hydrogen-bond donors (Lipinski definition) is 2. The number of fused-ring (bicyclic) bond motifs is 1. The summed E-state index contributed by atoms with van der Waals surface area (Å²) < 4.78 is 10.2. The molecule has 1 aromatic heterocycles. The standard InChI is InChI=1S/C18H17N3O4/c1-24-15-10-8-13-7-9-14(17(22)21-16(13)20-15)25-18(23)19-11-12-5-3-2-4-6-12/h2-10,14H,11H2,1H3,(H,19,23)(H,20,21,22)/t14-/m0/s1. The predicted octanol–water partition coefficient (Wildman–Crippen LogP) is 2.35. The molecule has 0 saturated heterocycles. The van der Waals surface area contributed by atoms with Crippen molar-refractivity contribution in [3.05, 3.63) is 59.7 Å². The van der Waals surface area contributed by atoms with E-state index in [-0.39, 0.29) is 0 Å². The molecule has 0 aliphatic carbocycles. The molecule has 2 N–H and O–H groups in total. The van der Waals surface area contributed by atoms with Crippen LogP contribution in [0.4, 0.5) is 10.6 Å². The molecule has 1 aliphatic heterocycles.